The number of fused-ring (bicyclic) bond motifs is 1. The van der Waals surface area contributed by atoms with Gasteiger partial charge in [0.25, 0.3) is 0 Å². The van der Waals surface area contributed by atoms with Crippen LogP contribution < -0.4 is 5.32 Å². The van der Waals surface area contributed by atoms with Crippen LogP contribution in [0.3, 0.4) is 0 Å². The van der Waals surface area contributed by atoms with E-state index in [4.69, 9.17) is 23.2 Å². The molecule has 2 heterocycles. The van der Waals surface area contributed by atoms with Gasteiger partial charge in [0, 0.05) is 34.7 Å². The molecule has 0 saturated carbocycles. The number of rotatable bonds is 3. The molecule has 0 radical (unpaired) electrons. The molecule has 3 unspecified atom stereocenters. The average molecular weight is 313 g/mol. The highest BCUT2D eigenvalue weighted by molar-refractivity contribution is 6.35. The lowest BCUT2D eigenvalue weighted by Gasteiger charge is -2.34. The third kappa shape index (κ3) is 2.99. The lowest BCUT2D eigenvalue weighted by Crippen LogP contribution is -2.45. The number of nitrogens with one attached hydrogen (secondary N) is 1. The van der Waals surface area contributed by atoms with E-state index in [1.165, 1.54) is 38.8 Å². The number of piperidine rings is 1. The summed E-state index contributed by atoms with van der Waals surface area (Å²) < 4.78 is 0. The molecule has 0 amide bonds. The van der Waals surface area contributed by atoms with Gasteiger partial charge in [-0.3, -0.25) is 4.90 Å². The van der Waals surface area contributed by atoms with E-state index in [2.05, 4.69) is 17.1 Å². The van der Waals surface area contributed by atoms with Crippen LogP contribution in [-0.4, -0.2) is 30.1 Å². The summed E-state index contributed by atoms with van der Waals surface area (Å²) >= 11 is 12.3. The zero-order chi connectivity index (χ0) is 14.1. The van der Waals surface area contributed by atoms with Gasteiger partial charge in [0.05, 0.1) is 0 Å². The topological polar surface area (TPSA) is 15.3 Å². The van der Waals surface area contributed by atoms with Crippen LogP contribution in [-0.2, 0) is 0 Å². The fourth-order valence-electron chi connectivity index (χ4n) is 3.71. The summed E-state index contributed by atoms with van der Waals surface area (Å²) in [5.74, 6) is 0. The monoisotopic (exact) mass is 312 g/mol. The van der Waals surface area contributed by atoms with Gasteiger partial charge < -0.3 is 5.32 Å². The van der Waals surface area contributed by atoms with E-state index in [1.807, 2.05) is 18.2 Å². The Morgan fingerprint density at radius 3 is 2.85 bits per heavy atom. The average Bonchev–Trinajstić information content (AvgIpc) is 2.82. The number of hydrogen-bond donors (Lipinski definition) is 1. The van der Waals surface area contributed by atoms with Crippen molar-refractivity contribution >= 4 is 23.2 Å². The predicted octanol–water partition coefficient (Wildman–Crippen LogP) is 4.27. The number of benzene rings is 1. The van der Waals surface area contributed by atoms with Crippen LogP contribution in [0.15, 0.2) is 18.2 Å². The molecule has 4 heteroatoms. The first-order valence-electron chi connectivity index (χ1n) is 7.60. The highest BCUT2D eigenvalue weighted by Crippen LogP contribution is 2.31. The molecule has 110 valence electrons. The Labute approximate surface area is 131 Å². The van der Waals surface area contributed by atoms with Gasteiger partial charge in [-0.05, 0) is 50.4 Å². The van der Waals surface area contributed by atoms with E-state index in [1.54, 1.807) is 0 Å². The molecule has 2 aliphatic rings. The first-order chi connectivity index (χ1) is 9.65. The molecule has 2 saturated heterocycles. The van der Waals surface area contributed by atoms with Crippen LogP contribution in [0.4, 0.5) is 0 Å². The van der Waals surface area contributed by atoms with E-state index in [0.717, 1.165) is 16.6 Å². The van der Waals surface area contributed by atoms with Crippen molar-refractivity contribution < 1.29 is 0 Å². The summed E-state index contributed by atoms with van der Waals surface area (Å²) in [5.41, 5.74) is 1.14. The lowest BCUT2D eigenvalue weighted by atomic mass is 9.97. The lowest BCUT2D eigenvalue weighted by molar-refractivity contribution is 0.177. The van der Waals surface area contributed by atoms with Crippen molar-refractivity contribution in [3.8, 4) is 0 Å². The Hall–Kier alpha value is -0.280. The second kappa shape index (κ2) is 6.23. The second-order valence-corrected chi connectivity index (χ2v) is 6.89. The summed E-state index contributed by atoms with van der Waals surface area (Å²) in [6.07, 6.45) is 5.32. The number of halogens is 2. The normalized spacial score (nSPS) is 28.4. The molecular formula is C16H22Cl2N2. The van der Waals surface area contributed by atoms with Crippen LogP contribution in [0.5, 0.6) is 0 Å². The number of nitrogens with zero attached hydrogens (tertiary/aromatic N) is 1. The maximum atomic E-state index is 6.31. The zero-order valence-corrected chi connectivity index (χ0v) is 13.4. The van der Waals surface area contributed by atoms with E-state index in [-0.39, 0.29) is 6.04 Å². The van der Waals surface area contributed by atoms with E-state index >= 15 is 0 Å². The third-order valence-electron chi connectivity index (χ3n) is 4.75. The van der Waals surface area contributed by atoms with Gasteiger partial charge in [-0.15, -0.1) is 0 Å². The van der Waals surface area contributed by atoms with Gasteiger partial charge >= 0.3 is 0 Å². The van der Waals surface area contributed by atoms with Gasteiger partial charge in [0.15, 0.2) is 0 Å². The molecule has 0 spiro atoms. The van der Waals surface area contributed by atoms with Crippen LogP contribution in [0.1, 0.15) is 44.2 Å². The number of hydrogen-bond acceptors (Lipinski definition) is 2. The first kappa shape index (κ1) is 14.6. The quantitative estimate of drug-likeness (QED) is 0.896. The van der Waals surface area contributed by atoms with Crippen molar-refractivity contribution in [2.75, 3.05) is 13.1 Å². The van der Waals surface area contributed by atoms with Gasteiger partial charge in [-0.2, -0.15) is 0 Å². The molecule has 0 bridgehead atoms. The Morgan fingerprint density at radius 2 is 2.05 bits per heavy atom. The van der Waals surface area contributed by atoms with Gasteiger partial charge in [-0.1, -0.05) is 35.7 Å². The van der Waals surface area contributed by atoms with Gasteiger partial charge in [0.2, 0.25) is 0 Å². The van der Waals surface area contributed by atoms with Crippen LogP contribution >= 0.6 is 23.2 Å². The van der Waals surface area contributed by atoms with Crippen molar-refractivity contribution in [1.29, 1.82) is 0 Å². The SMILES string of the molecule is CC(NC1CCN2CCCCC12)c1ccc(Cl)cc1Cl. The fourth-order valence-corrected chi connectivity index (χ4v) is 4.28. The maximum Gasteiger partial charge on any atom is 0.0468 e. The molecular weight excluding hydrogens is 291 g/mol. The zero-order valence-electron chi connectivity index (χ0n) is 11.9. The summed E-state index contributed by atoms with van der Waals surface area (Å²) in [7, 11) is 0. The van der Waals surface area contributed by atoms with Gasteiger partial charge in [-0.25, -0.2) is 0 Å². The van der Waals surface area contributed by atoms with E-state index in [0.29, 0.717) is 11.1 Å². The Kier molecular flexibility index (Phi) is 4.56. The Bertz CT molecular complexity index is 478. The molecule has 3 atom stereocenters. The predicted molar refractivity (Wildman–Crippen MR) is 85.6 cm³/mol. The minimum absolute atomic E-state index is 0.270. The minimum Gasteiger partial charge on any atom is -0.306 e. The standard InChI is InChI=1S/C16H22Cl2N2/c1-11(13-6-5-12(17)10-14(13)18)19-15-7-9-20-8-3-2-4-16(15)20/h5-6,10-11,15-16,19H,2-4,7-9H2,1H3. The minimum atomic E-state index is 0.270. The third-order valence-corrected chi connectivity index (χ3v) is 5.31. The molecule has 0 aliphatic carbocycles. The Balaban J connectivity index is 1.68. The highest BCUT2D eigenvalue weighted by atomic mass is 35.5. The van der Waals surface area contributed by atoms with Gasteiger partial charge in [0.1, 0.15) is 0 Å². The molecule has 1 aromatic rings. The summed E-state index contributed by atoms with van der Waals surface area (Å²) in [4.78, 5) is 2.65. The molecule has 0 aromatic heterocycles. The molecule has 1 aromatic carbocycles. The molecule has 1 N–H and O–H groups in total. The van der Waals surface area contributed by atoms with Crippen molar-refractivity contribution in [3.63, 3.8) is 0 Å². The molecule has 20 heavy (non-hydrogen) atoms. The highest BCUT2D eigenvalue weighted by Gasteiger charge is 2.35. The molecule has 2 aliphatic heterocycles. The van der Waals surface area contributed by atoms with Crippen molar-refractivity contribution in [1.82, 2.24) is 10.2 Å². The smallest absolute Gasteiger partial charge is 0.0468 e. The molecule has 3 rings (SSSR count). The Morgan fingerprint density at radius 1 is 1.20 bits per heavy atom. The van der Waals surface area contributed by atoms with Crippen molar-refractivity contribution in [2.24, 2.45) is 0 Å². The fraction of sp³-hybridized carbons (Fsp3) is 0.625. The van der Waals surface area contributed by atoms with Crippen LogP contribution in [0.2, 0.25) is 10.0 Å². The summed E-state index contributed by atoms with van der Waals surface area (Å²) in [6.45, 7) is 4.71. The van der Waals surface area contributed by atoms with E-state index in [9.17, 15) is 0 Å². The van der Waals surface area contributed by atoms with Crippen molar-refractivity contribution in [3.05, 3.63) is 33.8 Å². The van der Waals surface area contributed by atoms with Crippen LogP contribution in [0, 0.1) is 0 Å². The summed E-state index contributed by atoms with van der Waals surface area (Å²) in [6, 6.07) is 7.37. The first-order valence-corrected chi connectivity index (χ1v) is 8.36. The molecule has 2 nitrogen and oxygen atoms in total. The molecule has 2 fully saturated rings. The van der Waals surface area contributed by atoms with Crippen molar-refractivity contribution in [2.45, 2.75) is 50.7 Å². The van der Waals surface area contributed by atoms with Crippen LogP contribution in [0.25, 0.3) is 0 Å². The van der Waals surface area contributed by atoms with E-state index < -0.39 is 0 Å². The largest absolute Gasteiger partial charge is 0.306 e. The second-order valence-electron chi connectivity index (χ2n) is 6.05. The summed E-state index contributed by atoms with van der Waals surface area (Å²) in [5, 5.41) is 5.24. The maximum absolute atomic E-state index is 6.31.